The van der Waals surface area contributed by atoms with Crippen molar-refractivity contribution in [1.82, 2.24) is 9.80 Å². The zero-order valence-electron chi connectivity index (χ0n) is 17.1. The molecule has 1 aromatic carbocycles. The normalized spacial score (nSPS) is 16.4. The van der Waals surface area contributed by atoms with Crippen molar-refractivity contribution >= 4 is 23.4 Å². The van der Waals surface area contributed by atoms with Crippen LogP contribution in [0.15, 0.2) is 24.3 Å². The van der Waals surface area contributed by atoms with E-state index in [0.29, 0.717) is 37.5 Å². The van der Waals surface area contributed by atoms with Crippen molar-refractivity contribution in [3.8, 4) is 5.75 Å². The van der Waals surface area contributed by atoms with E-state index < -0.39 is 0 Å². The van der Waals surface area contributed by atoms with Crippen LogP contribution in [0.3, 0.4) is 0 Å². The van der Waals surface area contributed by atoms with Gasteiger partial charge in [-0.3, -0.25) is 14.4 Å². The van der Waals surface area contributed by atoms with Crippen LogP contribution in [0, 0.1) is 5.92 Å². The summed E-state index contributed by atoms with van der Waals surface area (Å²) >= 11 is 0. The van der Waals surface area contributed by atoms with E-state index in [0.717, 1.165) is 19.3 Å². The molecule has 0 radical (unpaired) electrons. The molecular formula is C21H31N3O4. The van der Waals surface area contributed by atoms with Gasteiger partial charge in [0.15, 0.2) is 0 Å². The van der Waals surface area contributed by atoms with Crippen molar-refractivity contribution in [2.24, 2.45) is 5.92 Å². The van der Waals surface area contributed by atoms with E-state index in [4.69, 9.17) is 4.74 Å². The topological polar surface area (TPSA) is 79.0 Å². The standard InChI is InChI=1S/C21H31N3O4/c1-4-9-20(26)24-13-8-10-16(14-24)21(27)23(5-2)15-19(25)22-17-11-6-7-12-18(17)28-3/h6-7,11-12,16H,4-5,8-10,13-15H2,1-3H3,(H,22,25). The Labute approximate surface area is 167 Å². The first kappa shape index (κ1) is 21.7. The molecule has 1 N–H and O–H groups in total. The monoisotopic (exact) mass is 389 g/mol. The van der Waals surface area contributed by atoms with Gasteiger partial charge < -0.3 is 19.9 Å². The van der Waals surface area contributed by atoms with Crippen LogP contribution in [-0.4, -0.2) is 60.8 Å². The molecule has 0 aliphatic carbocycles. The number of likely N-dealkylation sites (tertiary alicyclic amines) is 1. The fourth-order valence-corrected chi connectivity index (χ4v) is 3.49. The van der Waals surface area contributed by atoms with Gasteiger partial charge >= 0.3 is 0 Å². The second-order valence-electron chi connectivity index (χ2n) is 7.03. The van der Waals surface area contributed by atoms with Crippen molar-refractivity contribution in [2.75, 3.05) is 38.6 Å². The molecule has 1 fully saturated rings. The van der Waals surface area contributed by atoms with E-state index in [-0.39, 0.29) is 30.2 Å². The summed E-state index contributed by atoms with van der Waals surface area (Å²) in [6, 6.07) is 7.16. The second kappa shape index (κ2) is 10.7. The molecule has 1 aliphatic heterocycles. The predicted molar refractivity (Wildman–Crippen MR) is 108 cm³/mol. The largest absolute Gasteiger partial charge is 0.495 e. The quantitative estimate of drug-likeness (QED) is 0.741. The molecular weight excluding hydrogens is 358 g/mol. The molecule has 1 aromatic rings. The molecule has 2 rings (SSSR count). The first-order chi connectivity index (χ1) is 13.5. The van der Waals surface area contributed by atoms with Gasteiger partial charge in [0.1, 0.15) is 5.75 Å². The number of rotatable bonds is 8. The van der Waals surface area contributed by atoms with Gasteiger partial charge in [0, 0.05) is 26.1 Å². The lowest BCUT2D eigenvalue weighted by atomic mass is 9.96. The Bertz CT molecular complexity index is 692. The van der Waals surface area contributed by atoms with Gasteiger partial charge in [-0.15, -0.1) is 0 Å². The van der Waals surface area contributed by atoms with E-state index in [1.807, 2.05) is 26.0 Å². The molecule has 0 aromatic heterocycles. The highest BCUT2D eigenvalue weighted by Gasteiger charge is 2.31. The van der Waals surface area contributed by atoms with Crippen LogP contribution in [0.5, 0.6) is 5.75 Å². The molecule has 28 heavy (non-hydrogen) atoms. The maximum Gasteiger partial charge on any atom is 0.244 e. The fourth-order valence-electron chi connectivity index (χ4n) is 3.49. The summed E-state index contributed by atoms with van der Waals surface area (Å²) in [5.74, 6) is 0.106. The Morgan fingerprint density at radius 1 is 1.25 bits per heavy atom. The van der Waals surface area contributed by atoms with Crippen LogP contribution in [0.2, 0.25) is 0 Å². The van der Waals surface area contributed by atoms with Gasteiger partial charge in [0.2, 0.25) is 17.7 Å². The number of benzene rings is 1. The third kappa shape index (κ3) is 5.71. The molecule has 3 amide bonds. The van der Waals surface area contributed by atoms with E-state index in [1.165, 1.54) is 0 Å². The highest BCUT2D eigenvalue weighted by molar-refractivity contribution is 5.96. The summed E-state index contributed by atoms with van der Waals surface area (Å²) < 4.78 is 5.24. The van der Waals surface area contributed by atoms with Gasteiger partial charge in [0.25, 0.3) is 0 Å². The molecule has 154 valence electrons. The number of piperidine rings is 1. The van der Waals surface area contributed by atoms with Crippen molar-refractivity contribution in [2.45, 2.75) is 39.5 Å². The molecule has 1 saturated heterocycles. The Balaban J connectivity index is 1.97. The molecule has 7 heteroatoms. The number of para-hydroxylation sites is 2. The number of carbonyl (C=O) groups excluding carboxylic acids is 3. The first-order valence-corrected chi connectivity index (χ1v) is 9.99. The van der Waals surface area contributed by atoms with Gasteiger partial charge in [-0.2, -0.15) is 0 Å². The number of anilines is 1. The van der Waals surface area contributed by atoms with E-state index in [2.05, 4.69) is 5.32 Å². The Hall–Kier alpha value is -2.57. The predicted octanol–water partition coefficient (Wildman–Crippen LogP) is 2.52. The van der Waals surface area contributed by atoms with Gasteiger partial charge in [-0.05, 0) is 38.3 Å². The van der Waals surface area contributed by atoms with Crippen molar-refractivity contribution in [1.29, 1.82) is 0 Å². The SMILES string of the molecule is CCCC(=O)N1CCCC(C(=O)N(CC)CC(=O)Nc2ccccc2OC)C1. The lowest BCUT2D eigenvalue weighted by Gasteiger charge is -2.34. The van der Waals surface area contributed by atoms with Crippen LogP contribution in [0.1, 0.15) is 39.5 Å². The number of methoxy groups -OCH3 is 1. The summed E-state index contributed by atoms with van der Waals surface area (Å²) in [5, 5.41) is 2.81. The first-order valence-electron chi connectivity index (χ1n) is 9.99. The highest BCUT2D eigenvalue weighted by atomic mass is 16.5. The van der Waals surface area contributed by atoms with E-state index in [9.17, 15) is 14.4 Å². The highest BCUT2D eigenvalue weighted by Crippen LogP contribution is 2.23. The summed E-state index contributed by atoms with van der Waals surface area (Å²) in [6.45, 7) is 5.41. The summed E-state index contributed by atoms with van der Waals surface area (Å²) in [4.78, 5) is 40.9. The van der Waals surface area contributed by atoms with Crippen LogP contribution in [0.25, 0.3) is 0 Å². The average molecular weight is 389 g/mol. The summed E-state index contributed by atoms with van der Waals surface area (Å²) in [7, 11) is 1.54. The van der Waals surface area contributed by atoms with Crippen LogP contribution >= 0.6 is 0 Å². The molecule has 0 bridgehead atoms. The van der Waals surface area contributed by atoms with Crippen LogP contribution < -0.4 is 10.1 Å². The number of likely N-dealkylation sites (N-methyl/N-ethyl adjacent to an activating group) is 1. The number of hydrogen-bond acceptors (Lipinski definition) is 4. The van der Waals surface area contributed by atoms with Gasteiger partial charge in [-0.1, -0.05) is 19.1 Å². The molecule has 1 atom stereocenters. The van der Waals surface area contributed by atoms with Crippen LogP contribution in [0.4, 0.5) is 5.69 Å². The minimum absolute atomic E-state index is 0.0210. The fraction of sp³-hybridized carbons (Fsp3) is 0.571. The Morgan fingerprint density at radius 3 is 2.68 bits per heavy atom. The molecule has 1 aliphatic rings. The average Bonchev–Trinajstić information content (AvgIpc) is 2.72. The van der Waals surface area contributed by atoms with E-state index >= 15 is 0 Å². The summed E-state index contributed by atoms with van der Waals surface area (Å²) in [5.41, 5.74) is 0.576. The maximum absolute atomic E-state index is 12.9. The second-order valence-corrected chi connectivity index (χ2v) is 7.03. The number of amides is 3. The maximum atomic E-state index is 12.9. The zero-order chi connectivity index (χ0) is 20.5. The Kier molecular flexibility index (Phi) is 8.29. The van der Waals surface area contributed by atoms with Crippen molar-refractivity contribution < 1.29 is 19.1 Å². The number of nitrogens with one attached hydrogen (secondary N) is 1. The minimum Gasteiger partial charge on any atom is -0.495 e. The molecule has 7 nitrogen and oxygen atoms in total. The lowest BCUT2D eigenvalue weighted by Crippen LogP contribution is -2.48. The summed E-state index contributed by atoms with van der Waals surface area (Å²) in [6.07, 6.45) is 2.88. The van der Waals surface area contributed by atoms with Crippen LogP contribution in [-0.2, 0) is 14.4 Å². The number of hydrogen-bond donors (Lipinski definition) is 1. The van der Waals surface area contributed by atoms with Gasteiger partial charge in [-0.25, -0.2) is 0 Å². The van der Waals surface area contributed by atoms with Crippen molar-refractivity contribution in [3.63, 3.8) is 0 Å². The van der Waals surface area contributed by atoms with Gasteiger partial charge in [0.05, 0.1) is 25.3 Å². The lowest BCUT2D eigenvalue weighted by molar-refractivity contribution is -0.142. The van der Waals surface area contributed by atoms with Crippen molar-refractivity contribution in [3.05, 3.63) is 24.3 Å². The smallest absolute Gasteiger partial charge is 0.244 e. The number of nitrogens with zero attached hydrogens (tertiary/aromatic N) is 2. The number of carbonyl (C=O) groups is 3. The molecule has 1 unspecified atom stereocenters. The molecule has 0 spiro atoms. The molecule has 0 saturated carbocycles. The zero-order valence-corrected chi connectivity index (χ0v) is 17.1. The minimum atomic E-state index is -0.269. The third-order valence-corrected chi connectivity index (χ3v) is 5.00. The van der Waals surface area contributed by atoms with E-state index in [1.54, 1.807) is 29.0 Å². The Morgan fingerprint density at radius 2 is 2.00 bits per heavy atom. The molecule has 1 heterocycles. The number of ether oxygens (including phenoxy) is 1. The third-order valence-electron chi connectivity index (χ3n) is 5.00.